The van der Waals surface area contributed by atoms with Crippen LogP contribution in [0.25, 0.3) is 0 Å². The number of hydrogen-bond donors (Lipinski definition) is 0. The molecule has 0 amide bonds. The molecular formula is C55H90O6. The molecule has 346 valence electrons. The number of hydrogen-bond acceptors (Lipinski definition) is 6. The third kappa shape index (κ3) is 47.2. The molecule has 0 N–H and O–H groups in total. The third-order valence-corrected chi connectivity index (χ3v) is 10.1. The summed E-state index contributed by atoms with van der Waals surface area (Å²) >= 11 is 0. The maximum atomic E-state index is 12.8. The minimum atomic E-state index is -0.809. The third-order valence-electron chi connectivity index (χ3n) is 10.1. The zero-order valence-corrected chi connectivity index (χ0v) is 39.4. The molecule has 0 aliphatic carbocycles. The van der Waals surface area contributed by atoms with Gasteiger partial charge in [0.15, 0.2) is 6.10 Å². The van der Waals surface area contributed by atoms with Gasteiger partial charge in [-0.1, -0.05) is 195 Å². The van der Waals surface area contributed by atoms with E-state index in [1.54, 1.807) is 0 Å². The minimum Gasteiger partial charge on any atom is -0.462 e. The normalized spacial score (nSPS) is 12.5. The molecule has 0 saturated heterocycles. The van der Waals surface area contributed by atoms with E-state index in [2.05, 4.69) is 118 Å². The van der Waals surface area contributed by atoms with Gasteiger partial charge < -0.3 is 14.2 Å². The van der Waals surface area contributed by atoms with E-state index in [1.165, 1.54) is 64.2 Å². The van der Waals surface area contributed by atoms with Crippen LogP contribution in [0.2, 0.25) is 0 Å². The van der Waals surface area contributed by atoms with Crippen LogP contribution in [0.1, 0.15) is 213 Å². The van der Waals surface area contributed by atoms with Gasteiger partial charge in [-0.25, -0.2) is 0 Å². The van der Waals surface area contributed by atoms with E-state index in [1.807, 2.05) is 0 Å². The standard InChI is InChI=1S/C55H90O6/c1-4-7-10-13-16-19-22-25-27-30-32-35-38-41-44-47-53(56)59-50-52(61-55(58)49-46-43-40-37-34-29-24-21-18-15-12-9-6-3)51-60-54(57)48-45-42-39-36-33-31-28-26-23-20-17-14-11-8-5-2/h7-8,10-11,16-17,19-20,25-28,32-33,35-36,52H,4-6,9,12-15,18,21-24,29-31,34,37-51H2,1-3H3/b10-7-,11-8-,19-16-,20-17-,27-25-,28-26-,35-32-,36-33-. The first-order valence-corrected chi connectivity index (χ1v) is 24.7. The Hall–Kier alpha value is -3.67. The average Bonchev–Trinajstić information content (AvgIpc) is 3.26. The van der Waals surface area contributed by atoms with Gasteiger partial charge in [-0.15, -0.1) is 0 Å². The molecule has 0 aliphatic heterocycles. The van der Waals surface area contributed by atoms with E-state index in [-0.39, 0.29) is 31.1 Å². The van der Waals surface area contributed by atoms with E-state index in [4.69, 9.17) is 14.2 Å². The molecule has 0 aromatic carbocycles. The summed E-state index contributed by atoms with van der Waals surface area (Å²) in [6.45, 7) is 6.32. The van der Waals surface area contributed by atoms with Gasteiger partial charge >= 0.3 is 17.9 Å². The number of carbonyl (C=O) groups is 3. The monoisotopic (exact) mass is 847 g/mol. The summed E-state index contributed by atoms with van der Waals surface area (Å²) in [5.41, 5.74) is 0. The van der Waals surface area contributed by atoms with E-state index < -0.39 is 6.10 Å². The fourth-order valence-corrected chi connectivity index (χ4v) is 6.42. The second-order valence-corrected chi connectivity index (χ2v) is 16.0. The second-order valence-electron chi connectivity index (χ2n) is 16.0. The summed E-state index contributed by atoms with van der Waals surface area (Å²) in [7, 11) is 0. The van der Waals surface area contributed by atoms with Crippen molar-refractivity contribution in [2.45, 2.75) is 219 Å². The Labute approximate surface area is 375 Å². The zero-order valence-electron chi connectivity index (χ0n) is 39.4. The molecule has 0 unspecified atom stereocenters. The minimum absolute atomic E-state index is 0.112. The molecule has 0 aromatic rings. The van der Waals surface area contributed by atoms with Crippen LogP contribution >= 0.6 is 0 Å². The van der Waals surface area contributed by atoms with Gasteiger partial charge in [0.25, 0.3) is 0 Å². The van der Waals surface area contributed by atoms with Crippen molar-refractivity contribution < 1.29 is 28.6 Å². The van der Waals surface area contributed by atoms with Crippen molar-refractivity contribution in [3.8, 4) is 0 Å². The van der Waals surface area contributed by atoms with Gasteiger partial charge in [-0.2, -0.15) is 0 Å². The lowest BCUT2D eigenvalue weighted by Crippen LogP contribution is -2.30. The van der Waals surface area contributed by atoms with Gasteiger partial charge in [0.2, 0.25) is 0 Å². The van der Waals surface area contributed by atoms with Gasteiger partial charge in [0, 0.05) is 19.3 Å². The van der Waals surface area contributed by atoms with Crippen LogP contribution in [-0.2, 0) is 28.6 Å². The smallest absolute Gasteiger partial charge is 0.306 e. The highest BCUT2D eigenvalue weighted by Gasteiger charge is 2.19. The largest absolute Gasteiger partial charge is 0.462 e. The molecule has 0 bridgehead atoms. The molecule has 0 radical (unpaired) electrons. The molecule has 0 fully saturated rings. The molecule has 0 heterocycles. The van der Waals surface area contributed by atoms with Crippen molar-refractivity contribution >= 4 is 17.9 Å². The number of esters is 3. The van der Waals surface area contributed by atoms with Crippen LogP contribution in [0.5, 0.6) is 0 Å². The second kappa shape index (κ2) is 49.0. The van der Waals surface area contributed by atoms with Crippen molar-refractivity contribution in [2.75, 3.05) is 13.2 Å². The number of rotatable bonds is 43. The average molecular weight is 847 g/mol. The van der Waals surface area contributed by atoms with Crippen LogP contribution < -0.4 is 0 Å². The molecule has 0 saturated carbocycles. The first-order chi connectivity index (χ1) is 30.0. The lowest BCUT2D eigenvalue weighted by molar-refractivity contribution is -0.167. The molecule has 0 spiro atoms. The zero-order chi connectivity index (χ0) is 44.4. The van der Waals surface area contributed by atoms with Crippen molar-refractivity contribution in [3.63, 3.8) is 0 Å². The molecular weight excluding hydrogens is 757 g/mol. The fourth-order valence-electron chi connectivity index (χ4n) is 6.42. The number of allylic oxidation sites excluding steroid dienone is 16. The summed E-state index contributed by atoms with van der Waals surface area (Å²) < 4.78 is 16.7. The number of unbranched alkanes of at least 4 members (excludes halogenated alkanes) is 16. The van der Waals surface area contributed by atoms with Crippen molar-refractivity contribution in [3.05, 3.63) is 97.2 Å². The predicted octanol–water partition coefficient (Wildman–Crippen LogP) is 16.2. The predicted molar refractivity (Wildman–Crippen MR) is 260 cm³/mol. The summed E-state index contributed by atoms with van der Waals surface area (Å²) in [5.74, 6) is -0.995. The first-order valence-electron chi connectivity index (χ1n) is 24.7. The fraction of sp³-hybridized carbons (Fsp3) is 0.655. The molecule has 0 atom stereocenters. The number of carbonyl (C=O) groups excluding carboxylic acids is 3. The van der Waals surface area contributed by atoms with Crippen LogP contribution in [0, 0.1) is 0 Å². The Morgan fingerprint density at radius 2 is 0.639 bits per heavy atom. The Morgan fingerprint density at radius 3 is 1.00 bits per heavy atom. The Balaban J connectivity index is 4.52. The molecule has 0 aliphatic rings. The van der Waals surface area contributed by atoms with Crippen molar-refractivity contribution in [1.29, 1.82) is 0 Å². The lowest BCUT2D eigenvalue weighted by atomic mass is 10.0. The van der Waals surface area contributed by atoms with Crippen molar-refractivity contribution in [2.24, 2.45) is 0 Å². The van der Waals surface area contributed by atoms with Crippen LogP contribution in [0.15, 0.2) is 97.2 Å². The Kier molecular flexibility index (Phi) is 46.0. The first kappa shape index (κ1) is 57.3. The highest BCUT2D eigenvalue weighted by atomic mass is 16.6. The quantitative estimate of drug-likeness (QED) is 0.0263. The summed E-state index contributed by atoms with van der Waals surface area (Å²) in [5, 5.41) is 0. The summed E-state index contributed by atoms with van der Waals surface area (Å²) in [6.07, 6.45) is 63.9. The number of ether oxygens (including phenoxy) is 3. The Bertz CT molecular complexity index is 1170. The summed E-state index contributed by atoms with van der Waals surface area (Å²) in [4.78, 5) is 37.9. The molecule has 0 aromatic heterocycles. The topological polar surface area (TPSA) is 78.9 Å². The van der Waals surface area contributed by atoms with Gasteiger partial charge in [0.1, 0.15) is 13.2 Å². The molecule has 6 nitrogen and oxygen atoms in total. The van der Waals surface area contributed by atoms with E-state index in [9.17, 15) is 14.4 Å². The summed E-state index contributed by atoms with van der Waals surface area (Å²) in [6, 6.07) is 0. The van der Waals surface area contributed by atoms with Crippen molar-refractivity contribution in [1.82, 2.24) is 0 Å². The van der Waals surface area contributed by atoms with E-state index in [0.717, 1.165) is 109 Å². The molecule has 6 heteroatoms. The van der Waals surface area contributed by atoms with Gasteiger partial charge in [0.05, 0.1) is 0 Å². The van der Waals surface area contributed by atoms with Gasteiger partial charge in [-0.05, 0) is 96.3 Å². The van der Waals surface area contributed by atoms with Crippen LogP contribution in [0.4, 0.5) is 0 Å². The van der Waals surface area contributed by atoms with E-state index >= 15 is 0 Å². The maximum Gasteiger partial charge on any atom is 0.306 e. The van der Waals surface area contributed by atoms with Crippen LogP contribution in [0.3, 0.4) is 0 Å². The molecule has 61 heavy (non-hydrogen) atoms. The molecule has 0 rings (SSSR count). The highest BCUT2D eigenvalue weighted by Crippen LogP contribution is 2.14. The van der Waals surface area contributed by atoms with E-state index in [0.29, 0.717) is 19.3 Å². The van der Waals surface area contributed by atoms with Crippen LogP contribution in [-0.4, -0.2) is 37.2 Å². The van der Waals surface area contributed by atoms with Gasteiger partial charge in [-0.3, -0.25) is 14.4 Å². The highest BCUT2D eigenvalue weighted by molar-refractivity contribution is 5.71. The lowest BCUT2D eigenvalue weighted by Gasteiger charge is -2.18. The maximum absolute atomic E-state index is 12.8. The SMILES string of the molecule is CC/C=C\C/C=C\C/C=C\C/C=C\CCCCC(=O)OCC(COC(=O)CCCC/C=C\C/C=C\C/C=C\C/C=C\CC)OC(=O)CCCCCCCCCCCCCCC. The Morgan fingerprint density at radius 1 is 0.344 bits per heavy atom.